The fourth-order valence-corrected chi connectivity index (χ4v) is 2.87. The molecule has 0 radical (unpaired) electrons. The molecule has 0 bridgehead atoms. The van der Waals surface area contributed by atoms with Gasteiger partial charge in [0.1, 0.15) is 0 Å². The van der Waals surface area contributed by atoms with Gasteiger partial charge in [-0.2, -0.15) is 5.10 Å². The minimum absolute atomic E-state index is 0.813. The molecule has 2 rings (SSSR count). The molecule has 2 heterocycles. The zero-order chi connectivity index (χ0) is 13.7. The highest BCUT2D eigenvalue weighted by molar-refractivity contribution is 5.10. The van der Waals surface area contributed by atoms with Gasteiger partial charge in [-0.05, 0) is 50.9 Å². The van der Waals surface area contributed by atoms with Crippen molar-refractivity contribution in [2.75, 3.05) is 26.2 Å². The van der Waals surface area contributed by atoms with Crippen molar-refractivity contribution < 1.29 is 0 Å². The van der Waals surface area contributed by atoms with Crippen LogP contribution in [-0.4, -0.2) is 40.9 Å². The van der Waals surface area contributed by atoms with Crippen LogP contribution >= 0.6 is 0 Å². The number of hydrogen-bond acceptors (Lipinski definition) is 3. The Morgan fingerprint density at radius 2 is 2.32 bits per heavy atom. The van der Waals surface area contributed by atoms with Gasteiger partial charge in [0.05, 0.1) is 11.4 Å². The van der Waals surface area contributed by atoms with Gasteiger partial charge in [-0.15, -0.1) is 0 Å². The van der Waals surface area contributed by atoms with Crippen molar-refractivity contribution in [3.8, 4) is 0 Å². The monoisotopic (exact) mass is 264 g/mol. The number of nitrogens with zero attached hydrogens (tertiary/aromatic N) is 3. The summed E-state index contributed by atoms with van der Waals surface area (Å²) in [5, 5.41) is 8.05. The largest absolute Gasteiger partial charge is 0.316 e. The van der Waals surface area contributed by atoms with Crippen LogP contribution in [0.1, 0.15) is 38.1 Å². The fourth-order valence-electron chi connectivity index (χ4n) is 2.87. The van der Waals surface area contributed by atoms with E-state index in [0.29, 0.717) is 0 Å². The second-order valence-electron chi connectivity index (χ2n) is 5.64. The van der Waals surface area contributed by atoms with Crippen LogP contribution in [0.2, 0.25) is 0 Å². The topological polar surface area (TPSA) is 33.1 Å². The summed E-state index contributed by atoms with van der Waals surface area (Å²) in [5.41, 5.74) is 2.54. The maximum atomic E-state index is 4.54. The van der Waals surface area contributed by atoms with Gasteiger partial charge in [-0.1, -0.05) is 13.8 Å². The first kappa shape index (κ1) is 14.5. The van der Waals surface area contributed by atoms with Gasteiger partial charge in [0.25, 0.3) is 0 Å². The van der Waals surface area contributed by atoms with Crippen LogP contribution in [0.25, 0.3) is 0 Å². The van der Waals surface area contributed by atoms with Gasteiger partial charge >= 0.3 is 0 Å². The van der Waals surface area contributed by atoms with Crippen molar-refractivity contribution in [1.82, 2.24) is 20.0 Å². The van der Waals surface area contributed by atoms with Crippen molar-refractivity contribution in [2.24, 2.45) is 13.0 Å². The van der Waals surface area contributed by atoms with Gasteiger partial charge in [0.15, 0.2) is 0 Å². The molecule has 1 aliphatic heterocycles. The number of hydrogen-bond donors (Lipinski definition) is 1. The summed E-state index contributed by atoms with van der Waals surface area (Å²) < 4.78 is 2.04. The van der Waals surface area contributed by atoms with Gasteiger partial charge in [-0.3, -0.25) is 9.58 Å². The first-order valence-corrected chi connectivity index (χ1v) is 7.67. The molecular formula is C15H28N4. The predicted octanol–water partition coefficient (Wildman–Crippen LogP) is 1.80. The average molecular weight is 264 g/mol. The Bertz CT molecular complexity index is 379. The highest BCUT2D eigenvalue weighted by Gasteiger charge is 2.17. The molecule has 1 aliphatic rings. The van der Waals surface area contributed by atoms with Gasteiger partial charge in [0, 0.05) is 20.1 Å². The lowest BCUT2D eigenvalue weighted by Crippen LogP contribution is -2.38. The zero-order valence-corrected chi connectivity index (χ0v) is 12.7. The molecule has 0 aliphatic carbocycles. The van der Waals surface area contributed by atoms with Crippen LogP contribution in [0.15, 0.2) is 6.07 Å². The minimum Gasteiger partial charge on any atom is -0.316 e. The number of piperidine rings is 1. The summed E-state index contributed by atoms with van der Waals surface area (Å²) in [6.07, 6.45) is 3.72. The molecule has 1 saturated heterocycles. The Labute approximate surface area is 117 Å². The van der Waals surface area contributed by atoms with E-state index in [-0.39, 0.29) is 0 Å². The second kappa shape index (κ2) is 7.06. The van der Waals surface area contributed by atoms with Gasteiger partial charge < -0.3 is 5.32 Å². The van der Waals surface area contributed by atoms with E-state index in [9.17, 15) is 0 Å². The lowest BCUT2D eigenvalue weighted by atomic mass is 9.99. The summed E-state index contributed by atoms with van der Waals surface area (Å²) in [7, 11) is 2.06. The molecule has 108 valence electrons. The van der Waals surface area contributed by atoms with Crippen LogP contribution < -0.4 is 5.32 Å². The van der Waals surface area contributed by atoms with E-state index in [1.807, 2.05) is 4.68 Å². The van der Waals surface area contributed by atoms with E-state index in [1.54, 1.807) is 0 Å². The third-order valence-corrected chi connectivity index (χ3v) is 4.14. The van der Waals surface area contributed by atoms with Crippen LogP contribution in [0, 0.1) is 5.92 Å². The van der Waals surface area contributed by atoms with Crippen molar-refractivity contribution in [3.05, 3.63) is 17.5 Å². The Morgan fingerprint density at radius 3 is 2.89 bits per heavy atom. The predicted molar refractivity (Wildman–Crippen MR) is 79.1 cm³/mol. The van der Waals surface area contributed by atoms with Crippen LogP contribution in [0.5, 0.6) is 0 Å². The number of aromatic nitrogens is 2. The van der Waals surface area contributed by atoms with E-state index in [0.717, 1.165) is 25.4 Å². The van der Waals surface area contributed by atoms with Crippen molar-refractivity contribution in [3.63, 3.8) is 0 Å². The number of aryl methyl sites for hydroxylation is 2. The molecule has 0 saturated carbocycles. The third kappa shape index (κ3) is 4.05. The molecule has 1 aromatic heterocycles. The normalized spacial score (nSPS) is 20.1. The molecular weight excluding hydrogens is 236 g/mol. The highest BCUT2D eigenvalue weighted by atomic mass is 15.3. The van der Waals surface area contributed by atoms with E-state index < -0.39 is 0 Å². The van der Waals surface area contributed by atoms with Crippen molar-refractivity contribution in [1.29, 1.82) is 0 Å². The molecule has 1 aromatic rings. The first-order valence-electron chi connectivity index (χ1n) is 7.67. The fraction of sp³-hybridized carbons (Fsp3) is 0.800. The zero-order valence-electron chi connectivity index (χ0n) is 12.7. The maximum Gasteiger partial charge on any atom is 0.0625 e. The second-order valence-corrected chi connectivity index (χ2v) is 5.64. The van der Waals surface area contributed by atoms with Gasteiger partial charge in [-0.25, -0.2) is 0 Å². The molecule has 19 heavy (non-hydrogen) atoms. The van der Waals surface area contributed by atoms with Crippen LogP contribution in [-0.2, 0) is 20.0 Å². The van der Waals surface area contributed by atoms with Crippen LogP contribution in [0.4, 0.5) is 0 Å². The molecule has 0 spiro atoms. The number of rotatable bonds is 6. The quantitative estimate of drug-likeness (QED) is 0.850. The summed E-state index contributed by atoms with van der Waals surface area (Å²) >= 11 is 0. The Balaban J connectivity index is 1.91. The molecule has 4 heteroatoms. The Kier molecular flexibility index (Phi) is 5.40. The first-order chi connectivity index (χ1) is 9.22. The van der Waals surface area contributed by atoms with E-state index in [2.05, 4.69) is 42.3 Å². The molecule has 1 unspecified atom stereocenters. The molecule has 1 atom stereocenters. The Hall–Kier alpha value is -0.870. The molecule has 1 N–H and O–H groups in total. The minimum atomic E-state index is 0.813. The lowest BCUT2D eigenvalue weighted by molar-refractivity contribution is 0.205. The smallest absolute Gasteiger partial charge is 0.0625 e. The van der Waals surface area contributed by atoms with Crippen molar-refractivity contribution >= 4 is 0 Å². The van der Waals surface area contributed by atoms with Gasteiger partial charge in [0.2, 0.25) is 0 Å². The molecule has 0 aromatic carbocycles. The lowest BCUT2D eigenvalue weighted by Gasteiger charge is -2.29. The van der Waals surface area contributed by atoms with E-state index in [1.165, 1.54) is 43.9 Å². The summed E-state index contributed by atoms with van der Waals surface area (Å²) in [6, 6.07) is 2.25. The third-order valence-electron chi connectivity index (χ3n) is 4.14. The SMILES string of the molecule is CCc1cc(CN(CC)CC2CCCNC2)n(C)n1. The average Bonchev–Trinajstić information content (AvgIpc) is 2.80. The summed E-state index contributed by atoms with van der Waals surface area (Å²) in [5.74, 6) is 0.813. The maximum absolute atomic E-state index is 4.54. The molecule has 0 amide bonds. The Morgan fingerprint density at radius 1 is 1.47 bits per heavy atom. The van der Waals surface area contributed by atoms with Crippen LogP contribution in [0.3, 0.4) is 0 Å². The van der Waals surface area contributed by atoms with E-state index in [4.69, 9.17) is 0 Å². The number of nitrogens with one attached hydrogen (secondary N) is 1. The summed E-state index contributed by atoms with van der Waals surface area (Å²) in [6.45, 7) is 10.1. The van der Waals surface area contributed by atoms with Crippen molar-refractivity contribution in [2.45, 2.75) is 39.7 Å². The summed E-state index contributed by atoms with van der Waals surface area (Å²) in [4.78, 5) is 2.55. The molecule has 4 nitrogen and oxygen atoms in total. The molecule has 1 fully saturated rings. The highest BCUT2D eigenvalue weighted by Crippen LogP contribution is 2.14. The standard InChI is InChI=1S/C15H28N4/c1-4-14-9-15(18(3)17-14)12-19(5-2)11-13-7-6-8-16-10-13/h9,13,16H,4-8,10-12H2,1-3H3. The van der Waals surface area contributed by atoms with E-state index >= 15 is 0 Å².